The average Bonchev–Trinajstić information content (AvgIpc) is 2.85. The van der Waals surface area contributed by atoms with Gasteiger partial charge in [0.1, 0.15) is 24.3 Å². The summed E-state index contributed by atoms with van der Waals surface area (Å²) in [5, 5.41) is 0. The third kappa shape index (κ3) is 6.59. The molecule has 1 amide bonds. The fourth-order valence-corrected chi connectivity index (χ4v) is 3.51. The standard InChI is InChI=1S/C26H26ClNO4/c1-31-23-14-12-21(13-15-23)18-28(25(29)17-27)24(16-20-8-4-2-5-9-20)26(30)32-19-22-10-6-3-7-11-22/h2-15,24H,16-19H2,1H3/t24-/m0/s1. The molecule has 3 rings (SSSR count). The van der Waals surface area contributed by atoms with Crippen LogP contribution in [0.5, 0.6) is 5.75 Å². The zero-order valence-corrected chi connectivity index (χ0v) is 18.7. The van der Waals surface area contributed by atoms with Crippen molar-refractivity contribution >= 4 is 23.5 Å². The molecule has 32 heavy (non-hydrogen) atoms. The number of rotatable bonds is 10. The molecule has 0 saturated heterocycles. The molecule has 0 aliphatic heterocycles. The highest BCUT2D eigenvalue weighted by molar-refractivity contribution is 6.27. The van der Waals surface area contributed by atoms with E-state index in [2.05, 4.69) is 0 Å². The molecule has 0 N–H and O–H groups in total. The van der Waals surface area contributed by atoms with E-state index >= 15 is 0 Å². The molecular formula is C26H26ClNO4. The maximum absolute atomic E-state index is 13.2. The first-order valence-electron chi connectivity index (χ1n) is 10.3. The summed E-state index contributed by atoms with van der Waals surface area (Å²) in [6, 6.07) is 25.6. The number of benzene rings is 3. The molecule has 0 aromatic heterocycles. The second-order valence-corrected chi connectivity index (χ2v) is 7.57. The summed E-state index contributed by atoms with van der Waals surface area (Å²) in [5.74, 6) is -0.315. The number of hydrogen-bond acceptors (Lipinski definition) is 4. The van der Waals surface area contributed by atoms with Gasteiger partial charge in [-0.3, -0.25) is 4.79 Å². The quantitative estimate of drug-likeness (QED) is 0.333. The second kappa shape index (κ2) is 11.9. The fraction of sp³-hybridized carbons (Fsp3) is 0.231. The Kier molecular flexibility index (Phi) is 8.70. The van der Waals surface area contributed by atoms with Crippen LogP contribution in [-0.4, -0.2) is 35.8 Å². The highest BCUT2D eigenvalue weighted by Gasteiger charge is 2.31. The van der Waals surface area contributed by atoms with Crippen LogP contribution in [0.4, 0.5) is 0 Å². The molecule has 0 spiro atoms. The minimum atomic E-state index is -0.811. The summed E-state index contributed by atoms with van der Waals surface area (Å²) in [6.45, 7) is 0.365. The van der Waals surface area contributed by atoms with Crippen molar-refractivity contribution < 1.29 is 19.1 Å². The van der Waals surface area contributed by atoms with Gasteiger partial charge in [-0.1, -0.05) is 72.8 Å². The normalized spacial score (nSPS) is 11.4. The number of nitrogens with zero attached hydrogens (tertiary/aromatic N) is 1. The summed E-state index contributed by atoms with van der Waals surface area (Å²) in [6.07, 6.45) is 0.327. The van der Waals surface area contributed by atoms with E-state index in [1.54, 1.807) is 7.11 Å². The van der Waals surface area contributed by atoms with E-state index in [0.717, 1.165) is 16.7 Å². The lowest BCUT2D eigenvalue weighted by Gasteiger charge is -2.30. The van der Waals surface area contributed by atoms with Gasteiger partial charge in [0, 0.05) is 13.0 Å². The van der Waals surface area contributed by atoms with E-state index in [0.29, 0.717) is 12.2 Å². The molecule has 6 heteroatoms. The van der Waals surface area contributed by atoms with E-state index in [9.17, 15) is 9.59 Å². The van der Waals surface area contributed by atoms with Gasteiger partial charge in [-0.2, -0.15) is 0 Å². The summed E-state index contributed by atoms with van der Waals surface area (Å²) in [4.78, 5) is 27.5. The van der Waals surface area contributed by atoms with Crippen LogP contribution in [0.25, 0.3) is 0 Å². The fourth-order valence-electron chi connectivity index (χ4n) is 3.36. The number of carbonyl (C=O) groups excluding carboxylic acids is 2. The van der Waals surface area contributed by atoms with Gasteiger partial charge in [-0.05, 0) is 28.8 Å². The van der Waals surface area contributed by atoms with Crippen LogP contribution in [0, 0.1) is 0 Å². The lowest BCUT2D eigenvalue weighted by atomic mass is 10.0. The van der Waals surface area contributed by atoms with Crippen molar-refractivity contribution in [1.82, 2.24) is 4.90 Å². The molecule has 1 atom stereocenters. The molecule has 0 radical (unpaired) electrons. The van der Waals surface area contributed by atoms with E-state index in [4.69, 9.17) is 21.1 Å². The van der Waals surface area contributed by atoms with Gasteiger partial charge in [-0.25, -0.2) is 4.79 Å². The summed E-state index contributed by atoms with van der Waals surface area (Å²) >= 11 is 5.92. The monoisotopic (exact) mass is 451 g/mol. The van der Waals surface area contributed by atoms with Crippen LogP contribution in [0.1, 0.15) is 16.7 Å². The predicted molar refractivity (Wildman–Crippen MR) is 124 cm³/mol. The minimum Gasteiger partial charge on any atom is -0.497 e. The molecule has 3 aromatic carbocycles. The summed E-state index contributed by atoms with van der Waals surface area (Å²) in [7, 11) is 1.59. The van der Waals surface area contributed by atoms with E-state index < -0.39 is 12.0 Å². The Bertz CT molecular complexity index is 993. The molecule has 0 bridgehead atoms. The lowest BCUT2D eigenvalue weighted by molar-refractivity contribution is -0.156. The van der Waals surface area contributed by atoms with Gasteiger partial charge in [0.2, 0.25) is 5.91 Å². The lowest BCUT2D eigenvalue weighted by Crippen LogP contribution is -2.47. The highest BCUT2D eigenvalue weighted by Crippen LogP contribution is 2.19. The van der Waals surface area contributed by atoms with Crippen LogP contribution in [-0.2, 0) is 33.9 Å². The van der Waals surface area contributed by atoms with Crippen LogP contribution in [0.15, 0.2) is 84.9 Å². The second-order valence-electron chi connectivity index (χ2n) is 7.30. The van der Waals surface area contributed by atoms with Gasteiger partial charge in [0.05, 0.1) is 7.11 Å². The van der Waals surface area contributed by atoms with E-state index in [1.807, 2.05) is 84.9 Å². The zero-order chi connectivity index (χ0) is 22.8. The molecular weight excluding hydrogens is 426 g/mol. The minimum absolute atomic E-state index is 0.135. The van der Waals surface area contributed by atoms with Crippen molar-refractivity contribution in [3.05, 3.63) is 102 Å². The molecule has 5 nitrogen and oxygen atoms in total. The summed E-state index contributed by atoms with van der Waals surface area (Å²) < 4.78 is 10.8. The molecule has 0 aliphatic rings. The Morgan fingerprint density at radius 3 is 2.00 bits per heavy atom. The van der Waals surface area contributed by atoms with E-state index in [-0.39, 0.29) is 24.9 Å². The van der Waals surface area contributed by atoms with Crippen molar-refractivity contribution in [1.29, 1.82) is 0 Å². The molecule has 0 aliphatic carbocycles. The Labute approximate surface area is 193 Å². The highest BCUT2D eigenvalue weighted by atomic mass is 35.5. The van der Waals surface area contributed by atoms with Gasteiger partial charge >= 0.3 is 5.97 Å². The van der Waals surface area contributed by atoms with Crippen LogP contribution in [0.3, 0.4) is 0 Å². The van der Waals surface area contributed by atoms with Gasteiger partial charge < -0.3 is 14.4 Å². The molecule has 0 unspecified atom stereocenters. The van der Waals surface area contributed by atoms with E-state index in [1.165, 1.54) is 4.90 Å². The molecule has 166 valence electrons. The maximum Gasteiger partial charge on any atom is 0.329 e. The molecule has 3 aromatic rings. The first kappa shape index (κ1) is 23.4. The van der Waals surface area contributed by atoms with Crippen molar-refractivity contribution in [2.75, 3.05) is 13.0 Å². The Morgan fingerprint density at radius 2 is 1.44 bits per heavy atom. The number of halogens is 1. The van der Waals surface area contributed by atoms with Crippen molar-refractivity contribution in [3.8, 4) is 5.75 Å². The number of hydrogen-bond donors (Lipinski definition) is 0. The predicted octanol–water partition coefficient (Wildman–Crippen LogP) is 4.62. The van der Waals surface area contributed by atoms with Gasteiger partial charge in [0.15, 0.2) is 0 Å². The van der Waals surface area contributed by atoms with Crippen molar-refractivity contribution in [2.24, 2.45) is 0 Å². The molecule has 0 fully saturated rings. The van der Waals surface area contributed by atoms with Gasteiger partial charge in [-0.15, -0.1) is 11.6 Å². The van der Waals surface area contributed by atoms with Crippen molar-refractivity contribution in [2.45, 2.75) is 25.6 Å². The number of esters is 1. The number of alkyl halides is 1. The average molecular weight is 452 g/mol. The van der Waals surface area contributed by atoms with Crippen LogP contribution < -0.4 is 4.74 Å². The maximum atomic E-state index is 13.2. The van der Waals surface area contributed by atoms with Crippen LogP contribution in [0.2, 0.25) is 0 Å². The molecule has 0 saturated carbocycles. The smallest absolute Gasteiger partial charge is 0.329 e. The van der Waals surface area contributed by atoms with Crippen molar-refractivity contribution in [3.63, 3.8) is 0 Å². The Hall–Kier alpha value is -3.31. The number of methoxy groups -OCH3 is 1. The molecule has 0 heterocycles. The van der Waals surface area contributed by atoms with Crippen LogP contribution >= 0.6 is 11.6 Å². The topological polar surface area (TPSA) is 55.8 Å². The Balaban J connectivity index is 1.85. The number of ether oxygens (including phenoxy) is 2. The SMILES string of the molecule is COc1ccc(CN(C(=O)CCl)[C@@H](Cc2ccccc2)C(=O)OCc2ccccc2)cc1. The summed E-state index contributed by atoms with van der Waals surface area (Å²) in [5.41, 5.74) is 2.67. The first-order chi connectivity index (χ1) is 15.6. The van der Waals surface area contributed by atoms with Gasteiger partial charge in [0.25, 0.3) is 0 Å². The zero-order valence-electron chi connectivity index (χ0n) is 17.9. The Morgan fingerprint density at radius 1 is 0.844 bits per heavy atom. The number of amides is 1. The first-order valence-corrected chi connectivity index (χ1v) is 10.9. The third-order valence-corrected chi connectivity index (χ3v) is 5.32. The largest absolute Gasteiger partial charge is 0.497 e. The third-order valence-electron chi connectivity index (χ3n) is 5.09. The number of carbonyl (C=O) groups is 2.